The number of alkyl carbamates (subject to hydrolysis) is 1. The Morgan fingerprint density at radius 3 is 2.44 bits per heavy atom. The highest BCUT2D eigenvalue weighted by Crippen LogP contribution is 2.32. The summed E-state index contributed by atoms with van der Waals surface area (Å²) in [6.07, 6.45) is -0.923. The summed E-state index contributed by atoms with van der Waals surface area (Å²) in [6.45, 7) is 1.97. The van der Waals surface area contributed by atoms with Gasteiger partial charge in [0.1, 0.15) is 35.0 Å². The van der Waals surface area contributed by atoms with Crippen LogP contribution >= 0.6 is 11.6 Å². The van der Waals surface area contributed by atoms with Crippen molar-refractivity contribution in [3.8, 4) is 17.2 Å². The lowest BCUT2D eigenvalue weighted by atomic mass is 10.3. The quantitative estimate of drug-likeness (QED) is 0.810. The Morgan fingerprint density at radius 2 is 1.84 bits per heavy atom. The minimum atomic E-state index is -0.743. The zero-order chi connectivity index (χ0) is 18.4. The summed E-state index contributed by atoms with van der Waals surface area (Å²) in [6, 6.07) is 7.43. The van der Waals surface area contributed by atoms with Gasteiger partial charge in [-0.15, -0.1) is 0 Å². The first kappa shape index (κ1) is 18.8. The van der Waals surface area contributed by atoms with Gasteiger partial charge in [0, 0.05) is 24.3 Å². The van der Waals surface area contributed by atoms with Crippen LogP contribution in [0.25, 0.3) is 0 Å². The first-order chi connectivity index (χ1) is 11.9. The molecule has 0 aromatic heterocycles. The number of benzene rings is 2. The van der Waals surface area contributed by atoms with Crippen molar-refractivity contribution in [1.82, 2.24) is 5.32 Å². The molecule has 0 spiro atoms. The van der Waals surface area contributed by atoms with Gasteiger partial charge in [-0.05, 0) is 19.1 Å². The number of halogens is 3. The van der Waals surface area contributed by atoms with Crippen LogP contribution in [0.5, 0.6) is 17.2 Å². The maximum Gasteiger partial charge on any atom is 0.406 e. The van der Waals surface area contributed by atoms with E-state index in [2.05, 4.69) is 10.1 Å². The van der Waals surface area contributed by atoms with E-state index in [-0.39, 0.29) is 23.4 Å². The number of hydrogen-bond acceptors (Lipinski definition) is 4. The number of carbonyl (C=O) groups excluding carboxylic acids is 1. The topological polar surface area (TPSA) is 56.8 Å². The van der Waals surface area contributed by atoms with Crippen LogP contribution in [0, 0.1) is 11.6 Å². The lowest BCUT2D eigenvalue weighted by Gasteiger charge is -2.16. The van der Waals surface area contributed by atoms with Crippen molar-refractivity contribution < 1.29 is 27.8 Å². The van der Waals surface area contributed by atoms with Gasteiger partial charge in [0.2, 0.25) is 0 Å². The SMILES string of the molecule is COC(=O)NCC(C)Oc1ccc(Oc2cc(F)cc(F)c2)cc1Cl. The van der Waals surface area contributed by atoms with Crippen molar-refractivity contribution >= 4 is 17.7 Å². The van der Waals surface area contributed by atoms with Gasteiger partial charge in [-0.3, -0.25) is 0 Å². The maximum absolute atomic E-state index is 13.2. The highest BCUT2D eigenvalue weighted by Gasteiger charge is 2.11. The van der Waals surface area contributed by atoms with Crippen molar-refractivity contribution in [2.75, 3.05) is 13.7 Å². The molecule has 0 fully saturated rings. The monoisotopic (exact) mass is 371 g/mol. The number of nitrogens with one attached hydrogen (secondary N) is 1. The van der Waals surface area contributed by atoms with Crippen molar-refractivity contribution in [2.24, 2.45) is 0 Å². The number of amides is 1. The summed E-state index contributed by atoms with van der Waals surface area (Å²) in [7, 11) is 1.26. The summed E-state index contributed by atoms with van der Waals surface area (Å²) < 4.78 is 41.8. The average molecular weight is 372 g/mol. The van der Waals surface area contributed by atoms with Gasteiger partial charge in [-0.1, -0.05) is 11.6 Å². The molecule has 0 heterocycles. The fourth-order valence-corrected chi connectivity index (χ4v) is 2.14. The zero-order valence-electron chi connectivity index (χ0n) is 13.5. The van der Waals surface area contributed by atoms with Crippen molar-refractivity contribution in [2.45, 2.75) is 13.0 Å². The van der Waals surface area contributed by atoms with Gasteiger partial charge in [0.25, 0.3) is 0 Å². The molecule has 2 aromatic carbocycles. The van der Waals surface area contributed by atoms with Gasteiger partial charge in [0.15, 0.2) is 0 Å². The average Bonchev–Trinajstić information content (AvgIpc) is 2.54. The summed E-state index contributed by atoms with van der Waals surface area (Å²) in [4.78, 5) is 11.0. The molecule has 0 saturated carbocycles. The molecule has 1 N–H and O–H groups in total. The van der Waals surface area contributed by atoms with Crippen molar-refractivity contribution in [1.29, 1.82) is 0 Å². The second kappa shape index (κ2) is 8.53. The van der Waals surface area contributed by atoms with Crippen LogP contribution in [0.15, 0.2) is 36.4 Å². The van der Waals surface area contributed by atoms with Crippen LogP contribution in [-0.2, 0) is 4.74 Å². The normalized spacial score (nSPS) is 11.6. The summed E-state index contributed by atoms with van der Waals surface area (Å²) in [5.41, 5.74) is 0. The van der Waals surface area contributed by atoms with Crippen LogP contribution in [0.2, 0.25) is 5.02 Å². The van der Waals surface area contributed by atoms with Crippen LogP contribution < -0.4 is 14.8 Å². The van der Waals surface area contributed by atoms with E-state index < -0.39 is 17.7 Å². The van der Waals surface area contributed by atoms with Crippen molar-refractivity contribution in [3.05, 3.63) is 53.1 Å². The third kappa shape index (κ3) is 5.79. The molecule has 0 radical (unpaired) electrons. The summed E-state index contributed by atoms with van der Waals surface area (Å²) in [5.74, 6) is -0.805. The third-order valence-electron chi connectivity index (χ3n) is 3.02. The number of carbonyl (C=O) groups is 1. The Hall–Kier alpha value is -2.54. The number of methoxy groups -OCH3 is 1. The smallest absolute Gasteiger partial charge is 0.406 e. The minimum Gasteiger partial charge on any atom is -0.487 e. The fourth-order valence-electron chi connectivity index (χ4n) is 1.92. The molecule has 0 saturated heterocycles. The lowest BCUT2D eigenvalue weighted by Crippen LogP contribution is -2.33. The molecule has 1 atom stereocenters. The molecule has 5 nitrogen and oxygen atoms in total. The first-order valence-corrected chi connectivity index (χ1v) is 7.67. The highest BCUT2D eigenvalue weighted by atomic mass is 35.5. The van der Waals surface area contributed by atoms with E-state index in [0.29, 0.717) is 11.5 Å². The molecule has 0 bridgehead atoms. The van der Waals surface area contributed by atoms with Crippen LogP contribution in [0.1, 0.15) is 6.92 Å². The standard InChI is InChI=1S/C17H16ClF2NO4/c1-10(9-21-17(22)23-2)24-16-4-3-13(8-15(16)18)25-14-6-11(19)5-12(20)7-14/h3-8,10H,9H2,1-2H3,(H,21,22). The van der Waals surface area contributed by atoms with Crippen molar-refractivity contribution in [3.63, 3.8) is 0 Å². The molecular weight excluding hydrogens is 356 g/mol. The van der Waals surface area contributed by atoms with E-state index in [1.807, 2.05) is 0 Å². The molecule has 0 aliphatic carbocycles. The number of ether oxygens (including phenoxy) is 3. The molecule has 134 valence electrons. The van der Waals surface area contributed by atoms with Crippen LogP contribution in [0.3, 0.4) is 0 Å². The molecule has 2 aromatic rings. The molecule has 2 rings (SSSR count). The van der Waals surface area contributed by atoms with Gasteiger partial charge in [0.05, 0.1) is 18.7 Å². The number of rotatable bonds is 6. The van der Waals surface area contributed by atoms with E-state index in [1.165, 1.54) is 13.2 Å². The van der Waals surface area contributed by atoms with E-state index in [4.69, 9.17) is 21.1 Å². The second-order valence-electron chi connectivity index (χ2n) is 5.10. The van der Waals surface area contributed by atoms with Gasteiger partial charge in [-0.25, -0.2) is 13.6 Å². The lowest BCUT2D eigenvalue weighted by molar-refractivity contribution is 0.160. The molecule has 0 aliphatic rings. The largest absolute Gasteiger partial charge is 0.487 e. The highest BCUT2D eigenvalue weighted by molar-refractivity contribution is 6.32. The molecule has 25 heavy (non-hydrogen) atoms. The number of hydrogen-bond donors (Lipinski definition) is 1. The first-order valence-electron chi connectivity index (χ1n) is 7.29. The minimum absolute atomic E-state index is 0.0119. The molecule has 8 heteroatoms. The van der Waals surface area contributed by atoms with Gasteiger partial charge in [-0.2, -0.15) is 0 Å². The molecular formula is C17H16ClF2NO4. The Bertz CT molecular complexity index is 737. The zero-order valence-corrected chi connectivity index (χ0v) is 14.3. The molecule has 1 unspecified atom stereocenters. The summed E-state index contributed by atoms with van der Waals surface area (Å²) >= 11 is 6.13. The predicted molar refractivity (Wildman–Crippen MR) is 88.4 cm³/mol. The van der Waals surface area contributed by atoms with Gasteiger partial charge < -0.3 is 19.5 Å². The van der Waals surface area contributed by atoms with Crippen LogP contribution in [-0.4, -0.2) is 25.9 Å². The van der Waals surface area contributed by atoms with E-state index in [0.717, 1.165) is 18.2 Å². The molecule has 1 amide bonds. The molecule has 0 aliphatic heterocycles. The van der Waals surface area contributed by atoms with Gasteiger partial charge >= 0.3 is 6.09 Å². The Morgan fingerprint density at radius 1 is 1.16 bits per heavy atom. The fraction of sp³-hybridized carbons (Fsp3) is 0.235. The van der Waals surface area contributed by atoms with E-state index in [1.54, 1.807) is 19.1 Å². The predicted octanol–water partition coefficient (Wildman–Crippen LogP) is 4.53. The van der Waals surface area contributed by atoms with E-state index in [9.17, 15) is 13.6 Å². The Labute approximate surface area is 148 Å². The van der Waals surface area contributed by atoms with E-state index >= 15 is 0 Å². The third-order valence-corrected chi connectivity index (χ3v) is 3.32. The summed E-state index contributed by atoms with van der Waals surface area (Å²) in [5, 5.41) is 2.75. The van der Waals surface area contributed by atoms with Crippen LogP contribution in [0.4, 0.5) is 13.6 Å². The Kier molecular flexibility index (Phi) is 6.41. The maximum atomic E-state index is 13.2. The Balaban J connectivity index is 2.01. The second-order valence-corrected chi connectivity index (χ2v) is 5.51.